The van der Waals surface area contributed by atoms with Crippen LogP contribution in [0.5, 0.6) is 0 Å². The molecule has 1 N–H and O–H groups in total. The van der Waals surface area contributed by atoms with E-state index in [1.54, 1.807) is 7.11 Å². The molecule has 0 amide bonds. The normalized spacial score (nSPS) is 20.8. The Balaban J connectivity index is 2.13. The Hall–Kier alpha value is -0.0231. The standard InChI is InChI=1S/C26H46O4S2Si/c1-20(23(28-6)19-29-18-21-13-10-9-11-14-21)22(30-33(7,8)25(2,3)4)17-24(27)26(5)31-15-12-16-32-26/h9-11,13-14,20,22-24,27H,12,15-19H2,1-8H3/t20-,22-,23-,24-/m0/s1. The minimum atomic E-state index is -2.04. The van der Waals surface area contributed by atoms with Crippen molar-refractivity contribution in [2.75, 3.05) is 25.2 Å². The quantitative estimate of drug-likeness (QED) is 0.318. The fraction of sp³-hybridized carbons (Fsp3) is 0.769. The zero-order valence-corrected chi connectivity index (χ0v) is 24.6. The van der Waals surface area contributed by atoms with Crippen molar-refractivity contribution in [2.24, 2.45) is 5.92 Å². The van der Waals surface area contributed by atoms with E-state index in [-0.39, 0.29) is 27.2 Å². The molecule has 1 saturated heterocycles. The highest BCUT2D eigenvalue weighted by Gasteiger charge is 2.44. The van der Waals surface area contributed by atoms with E-state index in [1.807, 2.05) is 41.7 Å². The first-order valence-corrected chi connectivity index (χ1v) is 17.1. The number of thioether (sulfide) groups is 2. The predicted octanol–water partition coefficient (Wildman–Crippen LogP) is 6.58. The van der Waals surface area contributed by atoms with Crippen LogP contribution in [0.4, 0.5) is 0 Å². The van der Waals surface area contributed by atoms with Gasteiger partial charge in [0.25, 0.3) is 0 Å². The van der Waals surface area contributed by atoms with Crippen LogP contribution in [0.1, 0.15) is 53.0 Å². The van der Waals surface area contributed by atoms with Gasteiger partial charge in [0.1, 0.15) is 0 Å². The molecule has 1 fully saturated rings. The largest absolute Gasteiger partial charge is 0.413 e. The van der Waals surface area contributed by atoms with E-state index in [2.05, 4.69) is 59.8 Å². The maximum Gasteiger partial charge on any atom is 0.192 e. The fourth-order valence-electron chi connectivity index (χ4n) is 3.74. The molecule has 33 heavy (non-hydrogen) atoms. The van der Waals surface area contributed by atoms with E-state index in [0.29, 0.717) is 19.6 Å². The van der Waals surface area contributed by atoms with Gasteiger partial charge in [0.2, 0.25) is 0 Å². The summed E-state index contributed by atoms with van der Waals surface area (Å²) in [7, 11) is -0.284. The second-order valence-corrected chi connectivity index (χ2v) is 19.0. The van der Waals surface area contributed by atoms with Crippen LogP contribution in [0.3, 0.4) is 0 Å². The Morgan fingerprint density at radius 3 is 2.24 bits per heavy atom. The van der Waals surface area contributed by atoms with Crippen LogP contribution < -0.4 is 0 Å². The van der Waals surface area contributed by atoms with Crippen molar-refractivity contribution in [3.05, 3.63) is 35.9 Å². The molecule has 0 radical (unpaired) electrons. The summed E-state index contributed by atoms with van der Waals surface area (Å²) in [4.78, 5) is 0. The maximum absolute atomic E-state index is 11.4. The van der Waals surface area contributed by atoms with Gasteiger partial charge in [-0.25, -0.2) is 0 Å². The van der Waals surface area contributed by atoms with Crippen LogP contribution >= 0.6 is 23.5 Å². The molecule has 0 aliphatic carbocycles. The third kappa shape index (κ3) is 8.55. The number of ether oxygens (including phenoxy) is 2. The SMILES string of the molecule is CO[C@@H](COCc1ccccc1)[C@@H](C)[C@H](C[C@H](O)C1(C)SCCCS1)O[Si](C)(C)C(C)(C)C. The molecule has 1 aromatic carbocycles. The second kappa shape index (κ2) is 12.8. The predicted molar refractivity (Wildman–Crippen MR) is 147 cm³/mol. The number of rotatable bonds is 12. The van der Waals surface area contributed by atoms with Crippen LogP contribution in [0.2, 0.25) is 18.1 Å². The van der Waals surface area contributed by atoms with Gasteiger partial charge in [0.15, 0.2) is 8.32 Å². The Labute approximate surface area is 212 Å². The Bertz CT molecular complexity index is 689. The van der Waals surface area contributed by atoms with E-state index in [4.69, 9.17) is 13.9 Å². The molecule has 0 saturated carbocycles. The third-order valence-corrected chi connectivity index (χ3v) is 15.1. The van der Waals surface area contributed by atoms with E-state index in [1.165, 1.54) is 6.42 Å². The molecule has 0 unspecified atom stereocenters. The topological polar surface area (TPSA) is 47.9 Å². The Morgan fingerprint density at radius 2 is 1.70 bits per heavy atom. The van der Waals surface area contributed by atoms with Crippen LogP contribution in [-0.4, -0.2) is 61.0 Å². The molecule has 7 heteroatoms. The van der Waals surface area contributed by atoms with Crippen LogP contribution in [0.25, 0.3) is 0 Å². The Morgan fingerprint density at radius 1 is 1.09 bits per heavy atom. The molecule has 1 heterocycles. The highest BCUT2D eigenvalue weighted by molar-refractivity contribution is 8.18. The third-order valence-electron chi connectivity index (χ3n) is 7.25. The van der Waals surface area contributed by atoms with Gasteiger partial charge in [0, 0.05) is 19.4 Å². The molecule has 4 nitrogen and oxygen atoms in total. The summed E-state index contributed by atoms with van der Waals surface area (Å²) >= 11 is 3.78. The molecule has 2 rings (SSSR count). The minimum Gasteiger partial charge on any atom is -0.413 e. The first-order valence-electron chi connectivity index (χ1n) is 12.2. The number of aliphatic hydroxyl groups excluding tert-OH is 1. The average Bonchev–Trinajstić information content (AvgIpc) is 2.76. The lowest BCUT2D eigenvalue weighted by Gasteiger charge is -2.44. The number of methoxy groups -OCH3 is 1. The van der Waals surface area contributed by atoms with Crippen molar-refractivity contribution >= 4 is 31.8 Å². The number of aliphatic hydroxyl groups is 1. The van der Waals surface area contributed by atoms with Crippen molar-refractivity contribution in [1.82, 2.24) is 0 Å². The van der Waals surface area contributed by atoms with E-state index >= 15 is 0 Å². The molecule has 0 aromatic heterocycles. The molecule has 1 aromatic rings. The lowest BCUT2D eigenvalue weighted by Crippen LogP contribution is -2.50. The molecular formula is C26H46O4S2Si. The van der Waals surface area contributed by atoms with E-state index < -0.39 is 14.4 Å². The molecular weight excluding hydrogens is 469 g/mol. The fourth-order valence-corrected chi connectivity index (χ4v) is 8.15. The van der Waals surface area contributed by atoms with Gasteiger partial charge in [-0.05, 0) is 48.5 Å². The average molecular weight is 515 g/mol. The summed E-state index contributed by atoms with van der Waals surface area (Å²) in [6.07, 6.45) is 1.19. The van der Waals surface area contributed by atoms with Crippen molar-refractivity contribution in [3.63, 3.8) is 0 Å². The van der Waals surface area contributed by atoms with E-state index in [0.717, 1.165) is 17.1 Å². The smallest absolute Gasteiger partial charge is 0.192 e. The molecule has 1 aliphatic heterocycles. The van der Waals surface area contributed by atoms with Crippen molar-refractivity contribution in [1.29, 1.82) is 0 Å². The molecule has 0 bridgehead atoms. The Kier molecular flexibility index (Phi) is 11.3. The van der Waals surface area contributed by atoms with Gasteiger partial charge in [-0.1, -0.05) is 58.0 Å². The highest BCUT2D eigenvalue weighted by atomic mass is 32.2. The summed E-state index contributed by atoms with van der Waals surface area (Å²) in [5.41, 5.74) is 1.16. The number of hydrogen-bond donors (Lipinski definition) is 1. The van der Waals surface area contributed by atoms with Crippen molar-refractivity contribution < 1.29 is 19.0 Å². The van der Waals surface area contributed by atoms with Gasteiger partial charge < -0.3 is 19.0 Å². The second-order valence-electron chi connectivity index (χ2n) is 10.9. The summed E-state index contributed by atoms with van der Waals surface area (Å²) in [6.45, 7) is 16.8. The lowest BCUT2D eigenvalue weighted by molar-refractivity contribution is -0.0626. The zero-order chi connectivity index (χ0) is 24.7. The summed E-state index contributed by atoms with van der Waals surface area (Å²) in [6, 6.07) is 10.2. The minimum absolute atomic E-state index is 0.0916. The first kappa shape index (κ1) is 29.2. The summed E-state index contributed by atoms with van der Waals surface area (Å²) < 4.78 is 18.7. The van der Waals surface area contributed by atoms with Gasteiger partial charge in [-0.3, -0.25) is 0 Å². The van der Waals surface area contributed by atoms with Crippen molar-refractivity contribution in [2.45, 2.75) is 94.6 Å². The summed E-state index contributed by atoms with van der Waals surface area (Å²) in [5, 5.41) is 11.5. The van der Waals surface area contributed by atoms with Crippen LogP contribution in [0, 0.1) is 5.92 Å². The summed E-state index contributed by atoms with van der Waals surface area (Å²) in [5.74, 6) is 2.31. The molecule has 1 aliphatic rings. The van der Waals surface area contributed by atoms with E-state index in [9.17, 15) is 5.11 Å². The molecule has 4 atom stereocenters. The molecule has 190 valence electrons. The van der Waals surface area contributed by atoms with Gasteiger partial charge in [0.05, 0.1) is 35.6 Å². The van der Waals surface area contributed by atoms with Crippen LogP contribution in [-0.2, 0) is 20.5 Å². The van der Waals surface area contributed by atoms with Crippen molar-refractivity contribution in [3.8, 4) is 0 Å². The van der Waals surface area contributed by atoms with Crippen LogP contribution in [0.15, 0.2) is 30.3 Å². The maximum atomic E-state index is 11.4. The lowest BCUT2D eigenvalue weighted by atomic mass is 9.93. The first-order chi connectivity index (χ1) is 15.4. The van der Waals surface area contributed by atoms with Gasteiger partial charge in [-0.15, -0.1) is 23.5 Å². The van der Waals surface area contributed by atoms with Gasteiger partial charge >= 0.3 is 0 Å². The zero-order valence-electron chi connectivity index (χ0n) is 21.9. The number of benzene rings is 1. The monoisotopic (exact) mass is 514 g/mol. The highest BCUT2D eigenvalue weighted by Crippen LogP contribution is 2.47. The molecule has 0 spiro atoms. The number of hydrogen-bond acceptors (Lipinski definition) is 6. The van der Waals surface area contributed by atoms with Gasteiger partial charge in [-0.2, -0.15) is 0 Å².